The Balaban J connectivity index is 1.59. The number of hydrogen-bond donors (Lipinski definition) is 1. The third-order valence-electron chi connectivity index (χ3n) is 5.81. The number of carbonyl (C=O) groups is 1. The molecule has 2 aromatic carbocycles. The lowest BCUT2D eigenvalue weighted by Crippen LogP contribution is -2.48. The first kappa shape index (κ1) is 20.7. The Morgan fingerprint density at radius 3 is 2.53 bits per heavy atom. The van der Waals surface area contributed by atoms with Gasteiger partial charge in [0.05, 0.1) is 25.9 Å². The summed E-state index contributed by atoms with van der Waals surface area (Å²) in [5.74, 6) is 1.64. The van der Waals surface area contributed by atoms with Crippen LogP contribution in [0.1, 0.15) is 37.8 Å². The van der Waals surface area contributed by atoms with Gasteiger partial charge in [-0.15, -0.1) is 0 Å². The lowest BCUT2D eigenvalue weighted by atomic mass is 9.81. The summed E-state index contributed by atoms with van der Waals surface area (Å²) >= 11 is 0. The van der Waals surface area contributed by atoms with Crippen molar-refractivity contribution in [1.29, 1.82) is 0 Å². The number of rotatable bonds is 6. The molecule has 1 saturated heterocycles. The Kier molecular flexibility index (Phi) is 6.25. The van der Waals surface area contributed by atoms with E-state index >= 15 is 0 Å². The Hall–Kier alpha value is -2.57. The van der Waals surface area contributed by atoms with Crippen LogP contribution in [0.25, 0.3) is 11.1 Å². The zero-order chi connectivity index (χ0) is 21.0. The van der Waals surface area contributed by atoms with Gasteiger partial charge in [-0.05, 0) is 35.4 Å². The van der Waals surface area contributed by atoms with E-state index in [-0.39, 0.29) is 17.6 Å². The highest BCUT2D eigenvalue weighted by Gasteiger charge is 2.42. The number of ether oxygens (including phenoxy) is 4. The minimum Gasteiger partial charge on any atom is -0.491 e. The molecule has 2 aliphatic heterocycles. The van der Waals surface area contributed by atoms with Crippen LogP contribution < -0.4 is 14.8 Å². The highest BCUT2D eigenvalue weighted by Crippen LogP contribution is 2.45. The number of methoxy groups -OCH3 is 1. The summed E-state index contributed by atoms with van der Waals surface area (Å²) in [4.78, 5) is 11.9. The van der Waals surface area contributed by atoms with Crippen LogP contribution in [0.2, 0.25) is 0 Å². The molecule has 0 aliphatic carbocycles. The average Bonchev–Trinajstić information content (AvgIpc) is 2.74. The highest BCUT2D eigenvalue weighted by molar-refractivity contribution is 5.74. The van der Waals surface area contributed by atoms with Crippen molar-refractivity contribution in [3.63, 3.8) is 0 Å². The van der Waals surface area contributed by atoms with Crippen molar-refractivity contribution in [2.24, 2.45) is 0 Å². The van der Waals surface area contributed by atoms with Crippen molar-refractivity contribution in [2.45, 2.75) is 37.8 Å². The molecule has 1 atom stereocenters. The predicted octanol–water partition coefficient (Wildman–Crippen LogP) is 3.89. The van der Waals surface area contributed by atoms with E-state index in [9.17, 15) is 4.79 Å². The van der Waals surface area contributed by atoms with E-state index in [1.54, 1.807) is 14.0 Å². The molecule has 1 unspecified atom stereocenters. The third kappa shape index (κ3) is 4.60. The molecule has 2 aliphatic rings. The van der Waals surface area contributed by atoms with E-state index in [2.05, 4.69) is 17.4 Å². The first-order valence-electron chi connectivity index (χ1n) is 10.5. The van der Waals surface area contributed by atoms with Crippen LogP contribution in [-0.4, -0.2) is 45.0 Å². The van der Waals surface area contributed by atoms with Gasteiger partial charge in [-0.3, -0.25) is 4.79 Å². The van der Waals surface area contributed by atoms with E-state index in [1.165, 1.54) is 0 Å². The molecule has 0 saturated carbocycles. The topological polar surface area (TPSA) is 66.0 Å². The second-order valence-electron chi connectivity index (χ2n) is 7.97. The number of benzene rings is 2. The fraction of sp³-hybridized carbons (Fsp3) is 0.458. The minimum absolute atomic E-state index is 0.0296. The molecule has 2 heterocycles. The minimum atomic E-state index is -0.263. The number of carbonyl (C=O) groups excluding carboxylic acids is 1. The highest BCUT2D eigenvalue weighted by atomic mass is 16.5. The Bertz CT molecular complexity index is 874. The van der Waals surface area contributed by atoms with Crippen molar-refractivity contribution in [2.75, 3.05) is 33.5 Å². The van der Waals surface area contributed by atoms with E-state index in [1.807, 2.05) is 30.3 Å². The van der Waals surface area contributed by atoms with Crippen LogP contribution in [0.3, 0.4) is 0 Å². The quantitative estimate of drug-likeness (QED) is 0.731. The lowest BCUT2D eigenvalue weighted by molar-refractivity contribution is -0.121. The van der Waals surface area contributed by atoms with Crippen molar-refractivity contribution >= 4 is 5.91 Å². The molecule has 6 heteroatoms. The Labute approximate surface area is 177 Å². The molecule has 1 amide bonds. The predicted molar refractivity (Wildman–Crippen MR) is 114 cm³/mol. The Morgan fingerprint density at radius 1 is 1.10 bits per heavy atom. The van der Waals surface area contributed by atoms with Crippen molar-refractivity contribution in [3.05, 3.63) is 48.0 Å². The van der Waals surface area contributed by atoms with Gasteiger partial charge in [0.1, 0.15) is 23.7 Å². The van der Waals surface area contributed by atoms with Crippen molar-refractivity contribution in [3.8, 4) is 22.6 Å². The maximum Gasteiger partial charge on any atom is 0.217 e. The Morgan fingerprint density at radius 2 is 1.83 bits per heavy atom. The summed E-state index contributed by atoms with van der Waals surface area (Å²) in [6, 6.07) is 14.2. The standard InChI is InChI=1S/C24H29NO5/c1-17(26)25-22-16-24(9-11-28-12-10-24)30-23-8-5-19(15-21(22)23)18-3-6-20(7-4-18)29-14-13-27-2/h3-8,15,22H,9-14,16H2,1-2H3,(H,25,26). The van der Waals surface area contributed by atoms with Gasteiger partial charge in [0, 0.05) is 38.9 Å². The molecule has 0 aromatic heterocycles. The van der Waals surface area contributed by atoms with Gasteiger partial charge in [0.2, 0.25) is 5.91 Å². The molecule has 4 rings (SSSR count). The van der Waals surface area contributed by atoms with Crippen LogP contribution >= 0.6 is 0 Å². The molecule has 1 spiro atoms. The molecule has 1 fully saturated rings. The SMILES string of the molecule is COCCOc1ccc(-c2ccc3c(c2)C(NC(C)=O)CC2(CCOCC2)O3)cc1. The lowest BCUT2D eigenvalue weighted by Gasteiger charge is -2.44. The number of nitrogens with one attached hydrogen (secondary N) is 1. The smallest absolute Gasteiger partial charge is 0.217 e. The van der Waals surface area contributed by atoms with Crippen LogP contribution in [0.5, 0.6) is 11.5 Å². The van der Waals surface area contributed by atoms with E-state index in [4.69, 9.17) is 18.9 Å². The summed E-state index contributed by atoms with van der Waals surface area (Å²) in [5.41, 5.74) is 2.94. The summed E-state index contributed by atoms with van der Waals surface area (Å²) in [6.45, 7) is 4.04. The van der Waals surface area contributed by atoms with Crippen LogP contribution in [0.15, 0.2) is 42.5 Å². The van der Waals surface area contributed by atoms with Crippen LogP contribution in [0.4, 0.5) is 0 Å². The fourth-order valence-electron chi connectivity index (χ4n) is 4.26. The molecule has 1 N–H and O–H groups in total. The number of hydrogen-bond acceptors (Lipinski definition) is 5. The first-order chi connectivity index (χ1) is 14.6. The molecule has 160 valence electrons. The zero-order valence-electron chi connectivity index (χ0n) is 17.6. The van der Waals surface area contributed by atoms with Crippen LogP contribution in [-0.2, 0) is 14.3 Å². The summed E-state index contributed by atoms with van der Waals surface area (Å²) < 4.78 is 22.7. The van der Waals surface area contributed by atoms with Gasteiger partial charge in [0.25, 0.3) is 0 Å². The zero-order valence-corrected chi connectivity index (χ0v) is 17.6. The van der Waals surface area contributed by atoms with Gasteiger partial charge < -0.3 is 24.3 Å². The molecule has 2 aromatic rings. The molecule has 0 bridgehead atoms. The van der Waals surface area contributed by atoms with Gasteiger partial charge >= 0.3 is 0 Å². The molecular formula is C24H29NO5. The maximum absolute atomic E-state index is 11.9. The van der Waals surface area contributed by atoms with Gasteiger partial charge in [-0.2, -0.15) is 0 Å². The average molecular weight is 411 g/mol. The number of amides is 1. The molecular weight excluding hydrogens is 382 g/mol. The number of fused-ring (bicyclic) bond motifs is 1. The largest absolute Gasteiger partial charge is 0.491 e. The van der Waals surface area contributed by atoms with Gasteiger partial charge in [-0.1, -0.05) is 18.2 Å². The normalized spacial score (nSPS) is 19.6. The maximum atomic E-state index is 11.9. The second kappa shape index (κ2) is 9.06. The van der Waals surface area contributed by atoms with Crippen molar-refractivity contribution in [1.82, 2.24) is 5.32 Å². The fourth-order valence-corrected chi connectivity index (χ4v) is 4.26. The summed E-state index contributed by atoms with van der Waals surface area (Å²) in [5, 5.41) is 3.13. The molecule has 30 heavy (non-hydrogen) atoms. The van der Waals surface area contributed by atoms with Crippen molar-refractivity contribution < 1.29 is 23.7 Å². The molecule has 0 radical (unpaired) electrons. The van der Waals surface area contributed by atoms with E-state index in [0.717, 1.165) is 47.5 Å². The van der Waals surface area contributed by atoms with Gasteiger partial charge in [0.15, 0.2) is 0 Å². The molecule has 6 nitrogen and oxygen atoms in total. The summed E-state index contributed by atoms with van der Waals surface area (Å²) in [7, 11) is 1.66. The summed E-state index contributed by atoms with van der Waals surface area (Å²) in [6.07, 6.45) is 2.45. The van der Waals surface area contributed by atoms with E-state index < -0.39 is 0 Å². The first-order valence-corrected chi connectivity index (χ1v) is 10.5. The monoisotopic (exact) mass is 411 g/mol. The third-order valence-corrected chi connectivity index (χ3v) is 5.81. The van der Waals surface area contributed by atoms with E-state index in [0.29, 0.717) is 26.4 Å². The van der Waals surface area contributed by atoms with Gasteiger partial charge in [-0.25, -0.2) is 0 Å². The second-order valence-corrected chi connectivity index (χ2v) is 7.97. The van der Waals surface area contributed by atoms with Crippen LogP contribution in [0, 0.1) is 0 Å².